The van der Waals surface area contributed by atoms with Crippen LogP contribution >= 0.6 is 0 Å². The van der Waals surface area contributed by atoms with E-state index in [0.29, 0.717) is 17.2 Å². The fourth-order valence-corrected chi connectivity index (χ4v) is 2.06. The first-order valence-electron chi connectivity index (χ1n) is 7.47. The number of esters is 1. The third kappa shape index (κ3) is 4.74. The van der Waals surface area contributed by atoms with Gasteiger partial charge in [-0.2, -0.15) is 0 Å². The van der Waals surface area contributed by atoms with Gasteiger partial charge in [0.1, 0.15) is 5.75 Å². The van der Waals surface area contributed by atoms with Crippen LogP contribution in [0.2, 0.25) is 0 Å². The smallest absolute Gasteiger partial charge is 0.349 e. The topological polar surface area (TPSA) is 44.8 Å². The first-order valence-corrected chi connectivity index (χ1v) is 7.47. The number of carbonyl (C=O) groups is 1. The van der Waals surface area contributed by atoms with Gasteiger partial charge in [0.25, 0.3) is 0 Å². The molecule has 0 aliphatic heterocycles. The highest BCUT2D eigenvalue weighted by Crippen LogP contribution is 2.26. The lowest BCUT2D eigenvalue weighted by atomic mass is 9.87. The maximum atomic E-state index is 11.9. The Hall–Kier alpha value is -2.49. The van der Waals surface area contributed by atoms with E-state index in [1.54, 1.807) is 31.4 Å². The molecule has 0 heterocycles. The molecule has 0 fully saturated rings. The summed E-state index contributed by atoms with van der Waals surface area (Å²) in [6.45, 7) is 6.22. The third-order valence-electron chi connectivity index (χ3n) is 3.37. The SMILES string of the molecule is COc1ccccc1OCC(=O)Oc1ccc(C(C)(C)C)cc1. The number of hydrogen-bond acceptors (Lipinski definition) is 4. The van der Waals surface area contributed by atoms with E-state index in [0.717, 1.165) is 0 Å². The summed E-state index contributed by atoms with van der Waals surface area (Å²) in [4.78, 5) is 11.9. The molecule has 0 unspecified atom stereocenters. The molecule has 0 amide bonds. The van der Waals surface area contributed by atoms with Crippen LogP contribution in [0.4, 0.5) is 0 Å². The molecule has 0 aliphatic carbocycles. The molecule has 0 atom stereocenters. The Morgan fingerprint density at radius 3 is 2.13 bits per heavy atom. The lowest BCUT2D eigenvalue weighted by Gasteiger charge is -2.19. The zero-order valence-electron chi connectivity index (χ0n) is 14.0. The van der Waals surface area contributed by atoms with Crippen LogP contribution in [0.1, 0.15) is 26.3 Å². The summed E-state index contributed by atoms with van der Waals surface area (Å²) in [7, 11) is 1.55. The largest absolute Gasteiger partial charge is 0.493 e. The maximum Gasteiger partial charge on any atom is 0.349 e. The van der Waals surface area contributed by atoms with Crippen molar-refractivity contribution >= 4 is 5.97 Å². The molecule has 0 saturated carbocycles. The van der Waals surface area contributed by atoms with Gasteiger partial charge in [0.2, 0.25) is 0 Å². The van der Waals surface area contributed by atoms with Gasteiger partial charge in [-0.25, -0.2) is 4.79 Å². The Balaban J connectivity index is 1.92. The normalized spacial score (nSPS) is 11.0. The van der Waals surface area contributed by atoms with Gasteiger partial charge in [-0.3, -0.25) is 0 Å². The van der Waals surface area contributed by atoms with Crippen LogP contribution in [0, 0.1) is 0 Å². The van der Waals surface area contributed by atoms with E-state index in [1.165, 1.54) is 5.56 Å². The second kappa shape index (κ2) is 7.18. The van der Waals surface area contributed by atoms with Crippen LogP contribution in [0.25, 0.3) is 0 Å². The number of rotatable bonds is 5. The molecule has 0 spiro atoms. The predicted octanol–water partition coefficient (Wildman–Crippen LogP) is 3.98. The first kappa shape index (κ1) is 16.9. The average molecular weight is 314 g/mol. The van der Waals surface area contributed by atoms with Crippen LogP contribution in [-0.4, -0.2) is 19.7 Å². The van der Waals surface area contributed by atoms with Gasteiger partial charge >= 0.3 is 5.97 Å². The van der Waals surface area contributed by atoms with Crippen molar-refractivity contribution in [1.82, 2.24) is 0 Å². The second-order valence-electron chi connectivity index (χ2n) is 6.19. The summed E-state index contributed by atoms with van der Waals surface area (Å²) in [5, 5.41) is 0. The van der Waals surface area contributed by atoms with Crippen LogP contribution in [0.3, 0.4) is 0 Å². The van der Waals surface area contributed by atoms with E-state index >= 15 is 0 Å². The monoisotopic (exact) mass is 314 g/mol. The van der Waals surface area contributed by atoms with Crippen molar-refractivity contribution in [1.29, 1.82) is 0 Å². The highest BCUT2D eigenvalue weighted by atomic mass is 16.6. The van der Waals surface area contributed by atoms with Crippen molar-refractivity contribution < 1.29 is 19.0 Å². The van der Waals surface area contributed by atoms with Crippen molar-refractivity contribution in [3.8, 4) is 17.2 Å². The van der Waals surface area contributed by atoms with Crippen LogP contribution in [-0.2, 0) is 10.2 Å². The average Bonchev–Trinajstić information content (AvgIpc) is 2.53. The molecule has 0 bridgehead atoms. The number of ether oxygens (including phenoxy) is 3. The number of methoxy groups -OCH3 is 1. The molecule has 2 aromatic carbocycles. The molecule has 0 saturated heterocycles. The van der Waals surface area contributed by atoms with E-state index in [9.17, 15) is 4.79 Å². The van der Waals surface area contributed by atoms with Gasteiger partial charge in [0.15, 0.2) is 18.1 Å². The fraction of sp³-hybridized carbons (Fsp3) is 0.316. The summed E-state index contributed by atoms with van der Waals surface area (Å²) in [5.74, 6) is 1.14. The highest BCUT2D eigenvalue weighted by Gasteiger charge is 2.14. The minimum absolute atomic E-state index is 0.0650. The van der Waals surface area contributed by atoms with E-state index in [2.05, 4.69) is 20.8 Å². The summed E-state index contributed by atoms with van der Waals surface area (Å²) >= 11 is 0. The van der Waals surface area contributed by atoms with E-state index in [4.69, 9.17) is 14.2 Å². The maximum absolute atomic E-state index is 11.9. The van der Waals surface area contributed by atoms with Gasteiger partial charge in [-0.1, -0.05) is 45.0 Å². The summed E-state index contributed by atoms with van der Waals surface area (Å²) in [5.41, 5.74) is 1.25. The van der Waals surface area contributed by atoms with Crippen molar-refractivity contribution in [3.05, 3.63) is 54.1 Å². The van der Waals surface area contributed by atoms with Gasteiger partial charge in [-0.15, -0.1) is 0 Å². The molecule has 2 rings (SSSR count). The van der Waals surface area contributed by atoms with Gasteiger partial charge in [0, 0.05) is 0 Å². The molecule has 23 heavy (non-hydrogen) atoms. The summed E-state index contributed by atoms with van der Waals surface area (Å²) < 4.78 is 15.9. The third-order valence-corrected chi connectivity index (χ3v) is 3.37. The Bertz CT molecular complexity index is 654. The van der Waals surface area contributed by atoms with E-state index in [1.807, 2.05) is 24.3 Å². The number of hydrogen-bond donors (Lipinski definition) is 0. The van der Waals surface area contributed by atoms with Gasteiger partial charge in [0.05, 0.1) is 7.11 Å². The van der Waals surface area contributed by atoms with E-state index < -0.39 is 5.97 Å². The molecule has 2 aromatic rings. The number of carbonyl (C=O) groups excluding carboxylic acids is 1. The number of para-hydroxylation sites is 2. The van der Waals surface area contributed by atoms with E-state index in [-0.39, 0.29) is 12.0 Å². The number of benzene rings is 2. The Kier molecular flexibility index (Phi) is 5.27. The van der Waals surface area contributed by atoms with Crippen molar-refractivity contribution in [3.63, 3.8) is 0 Å². The molecule has 0 aliphatic rings. The van der Waals surface area contributed by atoms with Gasteiger partial charge < -0.3 is 14.2 Å². The zero-order chi connectivity index (χ0) is 16.9. The predicted molar refractivity (Wildman–Crippen MR) is 89.3 cm³/mol. The molecule has 0 radical (unpaired) electrons. The Labute approximate surface area is 137 Å². The standard InChI is InChI=1S/C19H22O4/c1-19(2,3)14-9-11-15(12-10-14)23-18(20)13-22-17-8-6-5-7-16(17)21-4/h5-12H,13H2,1-4H3. The van der Waals surface area contributed by atoms with Crippen LogP contribution in [0.15, 0.2) is 48.5 Å². The lowest BCUT2D eigenvalue weighted by molar-refractivity contribution is -0.136. The summed E-state index contributed by atoms with van der Waals surface area (Å²) in [6.07, 6.45) is 0. The highest BCUT2D eigenvalue weighted by molar-refractivity contribution is 5.74. The summed E-state index contributed by atoms with van der Waals surface area (Å²) in [6, 6.07) is 14.7. The van der Waals surface area contributed by atoms with Crippen LogP contribution in [0.5, 0.6) is 17.2 Å². The van der Waals surface area contributed by atoms with Crippen LogP contribution < -0.4 is 14.2 Å². The minimum atomic E-state index is -0.459. The zero-order valence-corrected chi connectivity index (χ0v) is 14.0. The quantitative estimate of drug-likeness (QED) is 0.618. The van der Waals surface area contributed by atoms with Crippen molar-refractivity contribution in [2.75, 3.05) is 13.7 Å². The molecular weight excluding hydrogens is 292 g/mol. The molecule has 0 aromatic heterocycles. The molecule has 122 valence electrons. The van der Waals surface area contributed by atoms with Gasteiger partial charge in [-0.05, 0) is 35.2 Å². The Morgan fingerprint density at radius 1 is 0.957 bits per heavy atom. The molecular formula is C19H22O4. The van der Waals surface area contributed by atoms with Crippen molar-refractivity contribution in [2.45, 2.75) is 26.2 Å². The minimum Gasteiger partial charge on any atom is -0.493 e. The molecule has 0 N–H and O–H groups in total. The molecule has 4 heteroatoms. The second-order valence-corrected chi connectivity index (χ2v) is 6.19. The lowest BCUT2D eigenvalue weighted by Crippen LogP contribution is -2.18. The first-order chi connectivity index (χ1) is 10.9. The van der Waals surface area contributed by atoms with Crippen molar-refractivity contribution in [2.24, 2.45) is 0 Å². The Morgan fingerprint density at radius 2 is 1.57 bits per heavy atom. The molecule has 4 nitrogen and oxygen atoms in total. The fourth-order valence-electron chi connectivity index (χ4n) is 2.06.